The Morgan fingerprint density at radius 2 is 1.95 bits per heavy atom. The molecule has 1 aromatic carbocycles. The maximum Gasteiger partial charge on any atom is 0.287 e. The number of hydrogen-bond donors (Lipinski definition) is 2. The lowest BCUT2D eigenvalue weighted by molar-refractivity contribution is -0.120. The first kappa shape index (κ1) is 14.3. The highest BCUT2D eigenvalue weighted by Gasteiger charge is 2.23. The average molecular weight is 302 g/mol. The maximum absolute atomic E-state index is 13.7. The van der Waals surface area contributed by atoms with E-state index in [1.807, 2.05) is 0 Å². The second kappa shape index (κ2) is 6.01. The molecule has 1 heterocycles. The Labute approximate surface area is 126 Å². The summed E-state index contributed by atoms with van der Waals surface area (Å²) in [7, 11) is 0. The smallest absolute Gasteiger partial charge is 0.287 e. The Balaban J connectivity index is 1.61. The molecule has 114 valence electrons. The van der Waals surface area contributed by atoms with Crippen molar-refractivity contribution in [2.24, 2.45) is 0 Å². The number of carbonyl (C=O) groups is 2. The van der Waals surface area contributed by atoms with Gasteiger partial charge in [0.25, 0.3) is 5.91 Å². The molecule has 2 N–H and O–H groups in total. The Bertz CT molecular complexity index is 707. The summed E-state index contributed by atoms with van der Waals surface area (Å²) in [6.45, 7) is -0.106. The van der Waals surface area contributed by atoms with Crippen LogP contribution in [0.2, 0.25) is 0 Å². The van der Waals surface area contributed by atoms with E-state index < -0.39 is 11.7 Å². The first-order valence-corrected chi connectivity index (χ1v) is 7.06. The fourth-order valence-corrected chi connectivity index (χ4v) is 2.02. The Morgan fingerprint density at radius 1 is 1.18 bits per heavy atom. The largest absolute Gasteiger partial charge is 0.451 e. The number of rotatable bonds is 5. The molecule has 0 bridgehead atoms. The zero-order chi connectivity index (χ0) is 15.5. The number of nitrogens with one attached hydrogen (secondary N) is 2. The number of amides is 2. The normalized spacial score (nSPS) is 13.7. The molecule has 22 heavy (non-hydrogen) atoms. The highest BCUT2D eigenvalue weighted by molar-refractivity contribution is 5.94. The van der Waals surface area contributed by atoms with Crippen LogP contribution in [0, 0.1) is 5.82 Å². The molecule has 0 saturated heterocycles. The van der Waals surface area contributed by atoms with Gasteiger partial charge in [0, 0.05) is 6.04 Å². The van der Waals surface area contributed by atoms with Gasteiger partial charge in [0.15, 0.2) is 5.76 Å². The molecule has 0 aliphatic heterocycles. The third-order valence-electron chi connectivity index (χ3n) is 3.32. The second-order valence-electron chi connectivity index (χ2n) is 5.17. The molecule has 0 atom stereocenters. The van der Waals surface area contributed by atoms with E-state index in [4.69, 9.17) is 4.42 Å². The van der Waals surface area contributed by atoms with E-state index in [0.717, 1.165) is 12.8 Å². The van der Waals surface area contributed by atoms with Crippen LogP contribution in [0.5, 0.6) is 0 Å². The van der Waals surface area contributed by atoms with Crippen molar-refractivity contribution in [1.29, 1.82) is 0 Å². The van der Waals surface area contributed by atoms with Gasteiger partial charge in [0.1, 0.15) is 11.6 Å². The summed E-state index contributed by atoms with van der Waals surface area (Å²) >= 11 is 0. The zero-order valence-corrected chi connectivity index (χ0v) is 11.8. The van der Waals surface area contributed by atoms with Gasteiger partial charge in [-0.15, -0.1) is 0 Å². The van der Waals surface area contributed by atoms with Crippen molar-refractivity contribution in [1.82, 2.24) is 10.6 Å². The van der Waals surface area contributed by atoms with Crippen LogP contribution in [-0.4, -0.2) is 24.4 Å². The van der Waals surface area contributed by atoms with Crippen LogP contribution in [0.4, 0.5) is 4.39 Å². The topological polar surface area (TPSA) is 71.3 Å². The van der Waals surface area contributed by atoms with Crippen LogP contribution in [0.3, 0.4) is 0 Å². The summed E-state index contributed by atoms with van der Waals surface area (Å²) < 4.78 is 19.0. The molecule has 0 radical (unpaired) electrons. The Kier molecular flexibility index (Phi) is 3.91. The lowest BCUT2D eigenvalue weighted by Crippen LogP contribution is -2.37. The van der Waals surface area contributed by atoms with Crippen LogP contribution >= 0.6 is 0 Å². The molecular weight excluding hydrogens is 287 g/mol. The molecule has 2 aromatic rings. The summed E-state index contributed by atoms with van der Waals surface area (Å²) in [6.07, 6.45) is 1.98. The second-order valence-corrected chi connectivity index (χ2v) is 5.17. The number of furan rings is 1. The predicted octanol–water partition coefficient (Wildman–Crippen LogP) is 2.09. The van der Waals surface area contributed by atoms with Gasteiger partial charge in [-0.2, -0.15) is 0 Å². The van der Waals surface area contributed by atoms with Crippen molar-refractivity contribution in [2.45, 2.75) is 18.9 Å². The van der Waals surface area contributed by atoms with Crippen molar-refractivity contribution in [3.05, 3.63) is 48.0 Å². The molecule has 1 fully saturated rings. The van der Waals surface area contributed by atoms with Crippen molar-refractivity contribution in [3.63, 3.8) is 0 Å². The molecule has 1 aliphatic carbocycles. The van der Waals surface area contributed by atoms with Crippen molar-refractivity contribution >= 4 is 11.8 Å². The van der Waals surface area contributed by atoms with Crippen LogP contribution in [0.15, 0.2) is 40.8 Å². The molecule has 5 nitrogen and oxygen atoms in total. The number of carbonyl (C=O) groups excluding carboxylic acids is 2. The number of benzene rings is 1. The molecule has 0 unspecified atom stereocenters. The van der Waals surface area contributed by atoms with Crippen molar-refractivity contribution in [3.8, 4) is 11.3 Å². The molecule has 1 aliphatic rings. The maximum atomic E-state index is 13.7. The summed E-state index contributed by atoms with van der Waals surface area (Å²) in [4.78, 5) is 23.4. The minimum absolute atomic E-state index is 0.0393. The third kappa shape index (κ3) is 3.33. The Morgan fingerprint density at radius 3 is 2.68 bits per heavy atom. The summed E-state index contributed by atoms with van der Waals surface area (Å²) in [5.41, 5.74) is 0.285. The minimum Gasteiger partial charge on any atom is -0.451 e. The first-order valence-electron chi connectivity index (χ1n) is 7.06. The molecule has 1 aromatic heterocycles. The molecule has 6 heteroatoms. The van der Waals surface area contributed by atoms with Crippen LogP contribution < -0.4 is 10.6 Å². The SMILES string of the molecule is O=C(CNC(=O)c1ccc(-c2ccccc2F)o1)NC1CC1. The minimum atomic E-state index is -0.506. The predicted molar refractivity (Wildman–Crippen MR) is 77.6 cm³/mol. The lowest BCUT2D eigenvalue weighted by atomic mass is 10.1. The van der Waals surface area contributed by atoms with Crippen LogP contribution in [-0.2, 0) is 4.79 Å². The van der Waals surface area contributed by atoms with Gasteiger partial charge in [-0.1, -0.05) is 12.1 Å². The molecule has 3 rings (SSSR count). The zero-order valence-electron chi connectivity index (χ0n) is 11.8. The van der Waals surface area contributed by atoms with Gasteiger partial charge in [-0.3, -0.25) is 9.59 Å². The fourth-order valence-electron chi connectivity index (χ4n) is 2.02. The van der Waals surface area contributed by atoms with E-state index in [0.29, 0.717) is 0 Å². The van der Waals surface area contributed by atoms with Crippen LogP contribution in [0.25, 0.3) is 11.3 Å². The number of hydrogen-bond acceptors (Lipinski definition) is 3. The molecule has 1 saturated carbocycles. The average Bonchev–Trinajstić information content (AvgIpc) is 3.18. The van der Waals surface area contributed by atoms with Crippen LogP contribution in [0.1, 0.15) is 23.4 Å². The van der Waals surface area contributed by atoms with E-state index >= 15 is 0 Å². The van der Waals surface area contributed by atoms with Gasteiger partial charge in [0.05, 0.1) is 12.1 Å². The fraction of sp³-hybridized carbons (Fsp3) is 0.250. The van der Waals surface area contributed by atoms with E-state index in [1.54, 1.807) is 18.2 Å². The van der Waals surface area contributed by atoms with Gasteiger partial charge in [-0.25, -0.2) is 4.39 Å². The Hall–Kier alpha value is -2.63. The summed E-state index contributed by atoms with van der Waals surface area (Å²) in [5.74, 6) is -0.846. The van der Waals surface area contributed by atoms with Crippen molar-refractivity contribution < 1.29 is 18.4 Å². The van der Waals surface area contributed by atoms with Gasteiger partial charge >= 0.3 is 0 Å². The molecule has 0 spiro atoms. The van der Waals surface area contributed by atoms with E-state index in [-0.39, 0.29) is 35.6 Å². The number of halogens is 1. The summed E-state index contributed by atoms with van der Waals surface area (Å²) in [5, 5.41) is 5.24. The van der Waals surface area contributed by atoms with Gasteiger partial charge in [0.2, 0.25) is 5.91 Å². The van der Waals surface area contributed by atoms with E-state index in [9.17, 15) is 14.0 Å². The summed E-state index contributed by atoms with van der Waals surface area (Å²) in [6, 6.07) is 9.38. The highest BCUT2D eigenvalue weighted by atomic mass is 19.1. The third-order valence-corrected chi connectivity index (χ3v) is 3.32. The lowest BCUT2D eigenvalue weighted by Gasteiger charge is -2.04. The van der Waals surface area contributed by atoms with E-state index in [2.05, 4.69) is 10.6 Å². The van der Waals surface area contributed by atoms with Crippen molar-refractivity contribution in [2.75, 3.05) is 6.54 Å². The monoisotopic (exact) mass is 302 g/mol. The highest BCUT2D eigenvalue weighted by Crippen LogP contribution is 2.24. The molecule has 2 amide bonds. The molecular formula is C16H15FN2O3. The van der Waals surface area contributed by atoms with E-state index in [1.165, 1.54) is 18.2 Å². The standard InChI is InChI=1S/C16H15FN2O3/c17-12-4-2-1-3-11(12)13-7-8-14(22-13)16(21)18-9-15(20)19-10-5-6-10/h1-4,7-8,10H,5-6,9H2,(H,18,21)(H,19,20). The first-order chi connectivity index (χ1) is 10.6. The van der Waals surface area contributed by atoms with Gasteiger partial charge < -0.3 is 15.1 Å². The quantitative estimate of drug-likeness (QED) is 0.888. The van der Waals surface area contributed by atoms with Gasteiger partial charge in [-0.05, 0) is 37.1 Å².